The zero-order chi connectivity index (χ0) is 17.6. The lowest BCUT2D eigenvalue weighted by Gasteiger charge is -2.59. The largest absolute Gasteiger partial charge is 0.462 e. The minimum absolute atomic E-state index is 0.0949. The van der Waals surface area contributed by atoms with Gasteiger partial charge in [0.15, 0.2) is 5.78 Å². The van der Waals surface area contributed by atoms with Crippen LogP contribution in [0.3, 0.4) is 0 Å². The summed E-state index contributed by atoms with van der Waals surface area (Å²) in [5.74, 6) is 2.22. The van der Waals surface area contributed by atoms with E-state index in [9.17, 15) is 9.59 Å². The standard InChI is InChI=1S/C21H30O4/c1-12(22)24-17-5-4-14-13-6-11-21-18(25-21)16(23)8-10-20(21,3)15(13)7-9-19(14,17)2/h13-15,17-18H,4-11H2,1-3H3/t13-,14-,15-,17?,18?,19-,20+,21?/m0/s1. The lowest BCUT2D eigenvalue weighted by molar-refractivity contribution is -0.161. The van der Waals surface area contributed by atoms with Crippen molar-refractivity contribution < 1.29 is 19.1 Å². The third kappa shape index (κ3) is 1.87. The van der Waals surface area contributed by atoms with Gasteiger partial charge in [0.2, 0.25) is 0 Å². The maximum absolute atomic E-state index is 12.2. The van der Waals surface area contributed by atoms with Crippen LogP contribution in [0.2, 0.25) is 0 Å². The Morgan fingerprint density at radius 3 is 2.64 bits per heavy atom. The number of Topliss-reactive ketones (excluding diaryl/α,β-unsaturated/α-hetero) is 1. The van der Waals surface area contributed by atoms with Crippen LogP contribution in [0, 0.1) is 28.6 Å². The van der Waals surface area contributed by atoms with Gasteiger partial charge >= 0.3 is 5.97 Å². The summed E-state index contributed by atoms with van der Waals surface area (Å²) in [6.45, 7) is 6.32. The highest BCUT2D eigenvalue weighted by Gasteiger charge is 2.76. The van der Waals surface area contributed by atoms with E-state index in [2.05, 4.69) is 13.8 Å². The molecule has 5 aliphatic rings. The molecule has 4 saturated carbocycles. The molecule has 1 spiro atoms. The molecule has 0 amide bonds. The van der Waals surface area contributed by atoms with E-state index in [0.717, 1.165) is 25.7 Å². The quantitative estimate of drug-likeness (QED) is 0.537. The summed E-state index contributed by atoms with van der Waals surface area (Å²) in [4.78, 5) is 23.7. The number of rotatable bonds is 1. The predicted molar refractivity (Wildman–Crippen MR) is 91.8 cm³/mol. The van der Waals surface area contributed by atoms with Crippen LogP contribution in [0.1, 0.15) is 72.1 Å². The Bertz CT molecular complexity index is 644. The van der Waals surface area contributed by atoms with Gasteiger partial charge in [-0.15, -0.1) is 0 Å². The fourth-order valence-corrected chi connectivity index (χ4v) is 7.84. The molecule has 0 aromatic rings. The summed E-state index contributed by atoms with van der Waals surface area (Å²) in [6, 6.07) is 0. The second-order valence-corrected chi connectivity index (χ2v) is 9.91. The first-order valence-corrected chi connectivity index (χ1v) is 10.2. The van der Waals surface area contributed by atoms with Gasteiger partial charge in [-0.25, -0.2) is 0 Å². The minimum atomic E-state index is -0.136. The molecular formula is C21H30O4. The van der Waals surface area contributed by atoms with Crippen molar-refractivity contribution in [3.8, 4) is 0 Å². The fourth-order valence-electron chi connectivity index (χ4n) is 7.84. The average molecular weight is 346 g/mol. The van der Waals surface area contributed by atoms with Crippen molar-refractivity contribution in [2.24, 2.45) is 28.6 Å². The number of fused-ring (bicyclic) bond motifs is 4. The van der Waals surface area contributed by atoms with Crippen molar-refractivity contribution in [2.75, 3.05) is 0 Å². The molecule has 5 rings (SSSR count). The third-order valence-corrected chi connectivity index (χ3v) is 9.17. The molecule has 3 unspecified atom stereocenters. The summed E-state index contributed by atoms with van der Waals surface area (Å²) < 4.78 is 11.9. The molecule has 1 saturated heterocycles. The first-order valence-electron chi connectivity index (χ1n) is 10.2. The van der Waals surface area contributed by atoms with Gasteiger partial charge in [-0.05, 0) is 62.7 Å². The number of esters is 1. The van der Waals surface area contributed by atoms with E-state index in [1.165, 1.54) is 26.2 Å². The number of carbonyl (C=O) groups is 2. The Balaban J connectivity index is 1.44. The van der Waals surface area contributed by atoms with Crippen molar-refractivity contribution in [1.82, 2.24) is 0 Å². The molecule has 5 fully saturated rings. The Hall–Kier alpha value is -0.900. The van der Waals surface area contributed by atoms with Crippen LogP contribution >= 0.6 is 0 Å². The second-order valence-electron chi connectivity index (χ2n) is 9.91. The maximum Gasteiger partial charge on any atom is 0.302 e. The molecule has 0 aromatic carbocycles. The van der Waals surface area contributed by atoms with Crippen LogP contribution in [0.25, 0.3) is 0 Å². The minimum Gasteiger partial charge on any atom is -0.462 e. The van der Waals surface area contributed by atoms with E-state index in [4.69, 9.17) is 9.47 Å². The van der Waals surface area contributed by atoms with Gasteiger partial charge < -0.3 is 9.47 Å². The summed E-state index contributed by atoms with van der Waals surface area (Å²) in [5, 5.41) is 0. The van der Waals surface area contributed by atoms with Gasteiger partial charge in [-0.3, -0.25) is 9.59 Å². The van der Waals surface area contributed by atoms with E-state index in [1.807, 2.05) is 0 Å². The number of epoxide rings is 1. The van der Waals surface area contributed by atoms with Crippen LogP contribution in [0.5, 0.6) is 0 Å². The summed E-state index contributed by atoms with van der Waals surface area (Å²) >= 11 is 0. The lowest BCUT2D eigenvalue weighted by atomic mass is 9.45. The Morgan fingerprint density at radius 2 is 1.88 bits per heavy atom. The average Bonchev–Trinajstić information content (AvgIpc) is 3.22. The summed E-state index contributed by atoms with van der Waals surface area (Å²) in [7, 11) is 0. The zero-order valence-corrected chi connectivity index (χ0v) is 15.7. The third-order valence-electron chi connectivity index (χ3n) is 9.17. The molecule has 25 heavy (non-hydrogen) atoms. The topological polar surface area (TPSA) is 55.9 Å². The van der Waals surface area contributed by atoms with Crippen molar-refractivity contribution in [2.45, 2.75) is 89.9 Å². The molecule has 4 nitrogen and oxygen atoms in total. The summed E-state index contributed by atoms with van der Waals surface area (Å²) in [6.07, 6.45) is 8.45. The smallest absolute Gasteiger partial charge is 0.302 e. The number of ether oxygens (including phenoxy) is 2. The molecule has 0 bridgehead atoms. The van der Waals surface area contributed by atoms with Crippen LogP contribution < -0.4 is 0 Å². The van der Waals surface area contributed by atoms with E-state index in [1.54, 1.807) is 0 Å². The molecule has 0 N–H and O–H groups in total. The Kier molecular flexibility index (Phi) is 3.18. The molecule has 1 heterocycles. The first-order chi connectivity index (χ1) is 11.8. The van der Waals surface area contributed by atoms with Gasteiger partial charge in [0.25, 0.3) is 0 Å². The SMILES string of the molecule is CC(=O)OC1CC[C@H]2[C@@H]3CCC45OC4C(=O)CC[C@]5(C)[C@H]3CC[C@]12C. The number of hydrogen-bond donors (Lipinski definition) is 0. The molecule has 4 aliphatic carbocycles. The highest BCUT2D eigenvalue weighted by atomic mass is 16.6. The van der Waals surface area contributed by atoms with Gasteiger partial charge in [0.05, 0.1) is 0 Å². The number of carbonyl (C=O) groups excluding carboxylic acids is 2. The van der Waals surface area contributed by atoms with Gasteiger partial charge in [-0.2, -0.15) is 0 Å². The second kappa shape index (κ2) is 4.88. The highest BCUT2D eigenvalue weighted by Crippen LogP contribution is 2.72. The van der Waals surface area contributed by atoms with Crippen LogP contribution in [-0.4, -0.2) is 29.6 Å². The summed E-state index contributed by atoms with van der Waals surface area (Å²) in [5.41, 5.74) is 0.169. The molecule has 1 aliphatic heterocycles. The monoisotopic (exact) mass is 346 g/mol. The van der Waals surface area contributed by atoms with Crippen molar-refractivity contribution >= 4 is 11.8 Å². The van der Waals surface area contributed by atoms with Crippen LogP contribution in [0.4, 0.5) is 0 Å². The molecule has 8 atom stereocenters. The fraction of sp³-hybridized carbons (Fsp3) is 0.905. The molecular weight excluding hydrogens is 316 g/mol. The van der Waals surface area contributed by atoms with E-state index >= 15 is 0 Å². The first kappa shape index (κ1) is 16.3. The molecule has 0 radical (unpaired) electrons. The van der Waals surface area contributed by atoms with Gasteiger partial charge in [0.1, 0.15) is 17.8 Å². The number of ketones is 1. The predicted octanol–water partition coefficient (Wildman–Crippen LogP) is 3.66. The van der Waals surface area contributed by atoms with Crippen LogP contribution in [0.15, 0.2) is 0 Å². The maximum atomic E-state index is 12.2. The number of hydrogen-bond acceptors (Lipinski definition) is 4. The van der Waals surface area contributed by atoms with Crippen molar-refractivity contribution in [3.63, 3.8) is 0 Å². The normalized spacial score (nSPS) is 56.3. The zero-order valence-electron chi connectivity index (χ0n) is 15.7. The Labute approximate surface area is 150 Å². The van der Waals surface area contributed by atoms with Crippen molar-refractivity contribution in [1.29, 1.82) is 0 Å². The van der Waals surface area contributed by atoms with E-state index in [0.29, 0.717) is 30.0 Å². The van der Waals surface area contributed by atoms with Gasteiger partial charge in [-0.1, -0.05) is 13.8 Å². The van der Waals surface area contributed by atoms with Gasteiger partial charge in [0, 0.05) is 24.2 Å². The lowest BCUT2D eigenvalue weighted by Crippen LogP contribution is -2.58. The Morgan fingerprint density at radius 1 is 1.08 bits per heavy atom. The molecule has 4 heteroatoms. The van der Waals surface area contributed by atoms with E-state index in [-0.39, 0.29) is 34.6 Å². The molecule has 0 aromatic heterocycles. The van der Waals surface area contributed by atoms with Crippen molar-refractivity contribution in [3.05, 3.63) is 0 Å². The highest BCUT2D eigenvalue weighted by molar-refractivity contribution is 5.88. The molecule has 138 valence electrons. The van der Waals surface area contributed by atoms with E-state index < -0.39 is 0 Å². The van der Waals surface area contributed by atoms with Crippen LogP contribution in [-0.2, 0) is 19.1 Å².